The number of carbonyl (C=O) groups excluding carboxylic acids is 1. The van der Waals surface area contributed by atoms with E-state index in [0.717, 1.165) is 10.6 Å². The van der Waals surface area contributed by atoms with E-state index in [4.69, 9.17) is 11.6 Å². The Kier molecular flexibility index (Phi) is 4.83. The van der Waals surface area contributed by atoms with Crippen LogP contribution < -0.4 is 10.6 Å². The van der Waals surface area contributed by atoms with Gasteiger partial charge in [0, 0.05) is 16.6 Å². The highest BCUT2D eigenvalue weighted by Crippen LogP contribution is 2.32. The lowest BCUT2D eigenvalue weighted by Gasteiger charge is -2.15. The molecule has 19 heavy (non-hydrogen) atoms. The van der Waals surface area contributed by atoms with Gasteiger partial charge in [-0.05, 0) is 38.7 Å². The Labute approximate surface area is 119 Å². The number of amides is 1. The van der Waals surface area contributed by atoms with Crippen LogP contribution in [0.3, 0.4) is 0 Å². The molecule has 0 spiro atoms. The first kappa shape index (κ1) is 14.4. The van der Waals surface area contributed by atoms with Crippen molar-refractivity contribution in [3.8, 4) is 0 Å². The van der Waals surface area contributed by atoms with Crippen LogP contribution in [-0.4, -0.2) is 18.5 Å². The molecule has 1 aromatic rings. The van der Waals surface area contributed by atoms with Gasteiger partial charge < -0.3 is 10.6 Å². The minimum Gasteiger partial charge on any atom is -0.348 e. The van der Waals surface area contributed by atoms with E-state index in [2.05, 4.69) is 19.2 Å². The maximum Gasteiger partial charge on any atom is 0.275 e. The Morgan fingerprint density at radius 3 is 2.74 bits per heavy atom. The molecule has 2 rings (SSSR count). The standard InChI is InChI=1S/C15H21ClN2O/c1-10(12-7-8-12)18-15(19)9-17-11(2)13-5-3-4-6-14(13)16/h3-6,10-12,17H,7-9H2,1-2H3,(H,18,19)/p+1/t10-,11+/m1/s1. The van der Waals surface area contributed by atoms with Crippen molar-refractivity contribution in [2.24, 2.45) is 5.92 Å². The van der Waals surface area contributed by atoms with Gasteiger partial charge in [-0.3, -0.25) is 4.79 Å². The highest BCUT2D eigenvalue weighted by molar-refractivity contribution is 6.31. The van der Waals surface area contributed by atoms with Crippen LogP contribution in [0.1, 0.15) is 38.3 Å². The SMILES string of the molecule is C[C@H]([NH2+]CC(=O)N[C@H](C)C1CC1)c1ccccc1Cl. The summed E-state index contributed by atoms with van der Waals surface area (Å²) < 4.78 is 0. The zero-order valence-electron chi connectivity index (χ0n) is 11.5. The predicted molar refractivity (Wildman–Crippen MR) is 77.0 cm³/mol. The molecule has 0 saturated heterocycles. The fourth-order valence-corrected chi connectivity index (χ4v) is 2.59. The molecule has 1 aliphatic carbocycles. The van der Waals surface area contributed by atoms with Gasteiger partial charge in [0.05, 0.1) is 0 Å². The van der Waals surface area contributed by atoms with E-state index < -0.39 is 0 Å². The average Bonchev–Trinajstić information content (AvgIpc) is 3.20. The summed E-state index contributed by atoms with van der Waals surface area (Å²) in [7, 11) is 0. The Hall–Kier alpha value is -1.06. The second kappa shape index (κ2) is 6.40. The maximum absolute atomic E-state index is 11.8. The first-order chi connectivity index (χ1) is 9.08. The lowest BCUT2D eigenvalue weighted by Crippen LogP contribution is -2.87. The van der Waals surface area contributed by atoms with Gasteiger partial charge in [-0.2, -0.15) is 0 Å². The molecule has 0 bridgehead atoms. The van der Waals surface area contributed by atoms with Crippen molar-refractivity contribution < 1.29 is 10.1 Å². The van der Waals surface area contributed by atoms with Crippen molar-refractivity contribution in [3.05, 3.63) is 34.9 Å². The second-order valence-corrected chi connectivity index (χ2v) is 5.85. The monoisotopic (exact) mass is 281 g/mol. The molecule has 1 aromatic carbocycles. The summed E-state index contributed by atoms with van der Waals surface area (Å²) in [5, 5.41) is 5.85. The number of halogens is 1. The zero-order chi connectivity index (χ0) is 13.8. The predicted octanol–water partition coefficient (Wildman–Crippen LogP) is 1.88. The molecule has 1 fully saturated rings. The molecule has 104 valence electrons. The molecular formula is C15H22ClN2O+. The molecule has 0 heterocycles. The van der Waals surface area contributed by atoms with E-state index in [9.17, 15) is 4.79 Å². The first-order valence-electron chi connectivity index (χ1n) is 6.95. The number of hydrogen-bond acceptors (Lipinski definition) is 1. The Morgan fingerprint density at radius 1 is 1.42 bits per heavy atom. The minimum atomic E-state index is 0.110. The Balaban J connectivity index is 1.78. The van der Waals surface area contributed by atoms with Crippen LogP contribution in [0.5, 0.6) is 0 Å². The maximum atomic E-state index is 11.8. The van der Waals surface area contributed by atoms with E-state index in [-0.39, 0.29) is 11.9 Å². The topological polar surface area (TPSA) is 45.7 Å². The van der Waals surface area contributed by atoms with Crippen molar-refractivity contribution in [1.82, 2.24) is 5.32 Å². The van der Waals surface area contributed by atoms with Crippen LogP contribution in [-0.2, 0) is 4.79 Å². The summed E-state index contributed by atoms with van der Waals surface area (Å²) in [4.78, 5) is 11.8. The summed E-state index contributed by atoms with van der Waals surface area (Å²) >= 11 is 6.15. The van der Waals surface area contributed by atoms with Crippen molar-refractivity contribution in [1.29, 1.82) is 0 Å². The number of benzene rings is 1. The van der Waals surface area contributed by atoms with Crippen molar-refractivity contribution in [2.45, 2.75) is 38.8 Å². The fraction of sp³-hybridized carbons (Fsp3) is 0.533. The van der Waals surface area contributed by atoms with Gasteiger partial charge in [0.2, 0.25) is 0 Å². The van der Waals surface area contributed by atoms with Gasteiger partial charge in [-0.1, -0.05) is 29.8 Å². The third kappa shape index (κ3) is 4.22. The molecule has 4 heteroatoms. The average molecular weight is 282 g/mol. The van der Waals surface area contributed by atoms with E-state index in [1.807, 2.05) is 29.6 Å². The van der Waals surface area contributed by atoms with E-state index in [0.29, 0.717) is 18.5 Å². The summed E-state index contributed by atoms with van der Waals surface area (Å²) in [6, 6.07) is 8.29. The van der Waals surface area contributed by atoms with Crippen molar-refractivity contribution in [3.63, 3.8) is 0 Å². The molecular weight excluding hydrogens is 260 g/mol. The number of quaternary nitrogens is 1. The molecule has 0 unspecified atom stereocenters. The quantitative estimate of drug-likeness (QED) is 0.822. The number of hydrogen-bond donors (Lipinski definition) is 2. The van der Waals surface area contributed by atoms with E-state index in [1.165, 1.54) is 12.8 Å². The van der Waals surface area contributed by atoms with Crippen molar-refractivity contribution >= 4 is 17.5 Å². The largest absolute Gasteiger partial charge is 0.348 e. The van der Waals surface area contributed by atoms with Crippen molar-refractivity contribution in [2.75, 3.05) is 6.54 Å². The molecule has 0 aromatic heterocycles. The van der Waals surface area contributed by atoms with Gasteiger partial charge in [0.25, 0.3) is 5.91 Å². The smallest absolute Gasteiger partial charge is 0.275 e. The molecule has 3 nitrogen and oxygen atoms in total. The lowest BCUT2D eigenvalue weighted by atomic mass is 10.1. The highest BCUT2D eigenvalue weighted by Gasteiger charge is 2.29. The number of nitrogens with two attached hydrogens (primary N) is 1. The first-order valence-corrected chi connectivity index (χ1v) is 7.33. The van der Waals surface area contributed by atoms with Crippen LogP contribution in [0.2, 0.25) is 5.02 Å². The Bertz CT molecular complexity index is 446. The summed E-state index contributed by atoms with van der Waals surface area (Å²) in [5.41, 5.74) is 1.08. The fourth-order valence-electron chi connectivity index (χ4n) is 2.28. The minimum absolute atomic E-state index is 0.110. The molecule has 0 radical (unpaired) electrons. The summed E-state index contributed by atoms with van der Waals surface area (Å²) in [6.07, 6.45) is 2.50. The van der Waals surface area contributed by atoms with Crippen LogP contribution in [0.4, 0.5) is 0 Å². The molecule has 1 amide bonds. The molecule has 2 atom stereocenters. The van der Waals surface area contributed by atoms with E-state index >= 15 is 0 Å². The Morgan fingerprint density at radius 2 is 2.11 bits per heavy atom. The van der Waals surface area contributed by atoms with Crippen LogP contribution in [0.15, 0.2) is 24.3 Å². The normalized spacial score (nSPS) is 17.8. The molecule has 1 saturated carbocycles. The zero-order valence-corrected chi connectivity index (χ0v) is 12.3. The van der Waals surface area contributed by atoms with Gasteiger partial charge in [0.1, 0.15) is 6.04 Å². The summed E-state index contributed by atoms with van der Waals surface area (Å²) in [6.45, 7) is 4.61. The van der Waals surface area contributed by atoms with E-state index in [1.54, 1.807) is 0 Å². The third-order valence-electron chi connectivity index (χ3n) is 3.77. The summed E-state index contributed by atoms with van der Waals surface area (Å²) in [5.74, 6) is 0.809. The molecule has 1 aliphatic rings. The number of nitrogens with one attached hydrogen (secondary N) is 1. The second-order valence-electron chi connectivity index (χ2n) is 5.44. The number of rotatable bonds is 6. The van der Waals surface area contributed by atoms with Gasteiger partial charge >= 0.3 is 0 Å². The third-order valence-corrected chi connectivity index (χ3v) is 4.11. The van der Waals surface area contributed by atoms with Gasteiger partial charge in [-0.15, -0.1) is 0 Å². The molecule has 0 aliphatic heterocycles. The van der Waals surface area contributed by atoms with Crippen LogP contribution >= 0.6 is 11.6 Å². The number of carbonyl (C=O) groups is 1. The van der Waals surface area contributed by atoms with Gasteiger partial charge in [0.15, 0.2) is 6.54 Å². The highest BCUT2D eigenvalue weighted by atomic mass is 35.5. The van der Waals surface area contributed by atoms with Crippen LogP contribution in [0, 0.1) is 5.92 Å². The molecule has 3 N–H and O–H groups in total. The van der Waals surface area contributed by atoms with Gasteiger partial charge in [-0.25, -0.2) is 0 Å². The lowest BCUT2D eigenvalue weighted by molar-refractivity contribution is -0.682. The van der Waals surface area contributed by atoms with Crippen LogP contribution in [0.25, 0.3) is 0 Å².